The zero-order valence-corrected chi connectivity index (χ0v) is 30.4. The van der Waals surface area contributed by atoms with Crippen LogP contribution >= 0.6 is 7.82 Å². The highest BCUT2D eigenvalue weighted by molar-refractivity contribution is 7.48. The number of carboxylic acid groups (broad SMARTS) is 2. The van der Waals surface area contributed by atoms with Crippen LogP contribution in [0.3, 0.4) is 0 Å². The molecule has 0 fully saturated rings. The van der Waals surface area contributed by atoms with Gasteiger partial charge in [-0.1, -0.05) is 12.1 Å². The number of para-hydroxylation sites is 1. The van der Waals surface area contributed by atoms with Crippen molar-refractivity contribution in [1.82, 2.24) is 30.6 Å². The van der Waals surface area contributed by atoms with Crippen molar-refractivity contribution in [2.45, 2.75) is 52.1 Å². The molecule has 20 heteroatoms. The summed E-state index contributed by atoms with van der Waals surface area (Å²) in [5, 5.41) is 29.3. The van der Waals surface area contributed by atoms with Crippen LogP contribution in [0.4, 0.5) is 17.3 Å². The fourth-order valence-electron chi connectivity index (χ4n) is 4.84. The lowest BCUT2D eigenvalue weighted by molar-refractivity contribution is -0.140. The van der Waals surface area contributed by atoms with Crippen molar-refractivity contribution in [3.8, 4) is 0 Å². The molecule has 54 heavy (non-hydrogen) atoms. The molecule has 0 radical (unpaired) electrons. The Morgan fingerprint density at radius 3 is 2.33 bits per heavy atom. The molecule has 19 nitrogen and oxygen atoms in total. The standard InChI is InChI=1S/C34H41N8O11P/c1-3-51-54(50,52-4-2)53-18-8-7-17-35-31(46)24-9-5-6-10-25(24)40-34-41-29-28(32(47)42-34)38-23(20-37-29)19-36-22-13-11-21(12-14-22)30(45)39-26(33(48)49)15-16-27(43)44/h5-6,9-14,20,26,36H,3-4,7-8,15-19H2,1-2H3,(H,35,46)(H,39,45)(H,43,44)(H,48,49)(H2,37,40,41,42,47)/t26-/m0/s1. The van der Waals surface area contributed by atoms with Crippen LogP contribution in [0.5, 0.6) is 0 Å². The second-order valence-electron chi connectivity index (χ2n) is 11.4. The molecule has 4 aromatic rings. The van der Waals surface area contributed by atoms with Gasteiger partial charge in [-0.3, -0.25) is 37.7 Å². The maximum atomic E-state index is 13.0. The molecular weight excluding hydrogens is 727 g/mol. The number of hydrogen-bond donors (Lipinski definition) is 7. The van der Waals surface area contributed by atoms with E-state index in [9.17, 15) is 33.6 Å². The smallest absolute Gasteiger partial charge is 0.474 e. The Morgan fingerprint density at radius 1 is 0.926 bits per heavy atom. The topological polar surface area (TPSA) is 273 Å². The number of nitrogens with one attached hydrogen (secondary N) is 5. The molecule has 7 N–H and O–H groups in total. The van der Waals surface area contributed by atoms with Crippen molar-refractivity contribution in [1.29, 1.82) is 0 Å². The molecule has 0 aliphatic heterocycles. The van der Waals surface area contributed by atoms with Crippen LogP contribution in [0, 0.1) is 0 Å². The number of hydrogen-bond acceptors (Lipinski definition) is 14. The Kier molecular flexibility index (Phi) is 15.1. The second-order valence-corrected chi connectivity index (χ2v) is 13.1. The van der Waals surface area contributed by atoms with E-state index in [4.69, 9.17) is 18.7 Å². The molecule has 0 aliphatic rings. The number of carboxylic acids is 2. The predicted molar refractivity (Wildman–Crippen MR) is 196 cm³/mol. The highest BCUT2D eigenvalue weighted by Crippen LogP contribution is 2.49. The molecule has 2 aromatic carbocycles. The molecule has 2 amide bonds. The van der Waals surface area contributed by atoms with Crippen LogP contribution in [-0.4, -0.2) is 86.3 Å². The third-order valence-corrected chi connectivity index (χ3v) is 9.09. The number of phosphoric ester groups is 1. The summed E-state index contributed by atoms with van der Waals surface area (Å²) in [4.78, 5) is 76.3. The van der Waals surface area contributed by atoms with Crippen molar-refractivity contribution in [3.05, 3.63) is 81.9 Å². The Bertz CT molecular complexity index is 2030. The van der Waals surface area contributed by atoms with E-state index in [0.29, 0.717) is 42.0 Å². The van der Waals surface area contributed by atoms with Gasteiger partial charge in [0.15, 0.2) is 11.2 Å². The zero-order valence-electron chi connectivity index (χ0n) is 29.5. The fraction of sp³-hybridized carbons (Fsp3) is 0.353. The SMILES string of the molecule is CCOP(=O)(OCC)OCCCCNC(=O)c1ccccc1Nc1nc2ncc(CNc3ccc(C(=O)N[C@@H](CCC(=O)O)C(=O)O)cc3)nc2c(=O)[nH]1. The first-order chi connectivity index (χ1) is 25.9. The summed E-state index contributed by atoms with van der Waals surface area (Å²) in [5.41, 5.74) is 1.32. The third-order valence-electron chi connectivity index (χ3n) is 7.44. The largest absolute Gasteiger partial charge is 0.481 e. The number of amides is 2. The van der Waals surface area contributed by atoms with E-state index in [1.54, 1.807) is 50.2 Å². The quantitative estimate of drug-likeness (QED) is 0.0442. The van der Waals surface area contributed by atoms with Gasteiger partial charge in [-0.15, -0.1) is 0 Å². The summed E-state index contributed by atoms with van der Waals surface area (Å²) in [5.74, 6) is -3.51. The molecule has 0 bridgehead atoms. The number of rotatable bonds is 22. The summed E-state index contributed by atoms with van der Waals surface area (Å²) < 4.78 is 27.9. The molecule has 2 heterocycles. The molecular formula is C34H41N8O11P. The first-order valence-electron chi connectivity index (χ1n) is 16.9. The molecule has 0 spiro atoms. The van der Waals surface area contributed by atoms with Crippen molar-refractivity contribution in [2.75, 3.05) is 37.0 Å². The van der Waals surface area contributed by atoms with Gasteiger partial charge in [-0.05, 0) is 69.5 Å². The van der Waals surface area contributed by atoms with Crippen molar-refractivity contribution >= 4 is 60.1 Å². The highest BCUT2D eigenvalue weighted by atomic mass is 31.2. The number of aliphatic carboxylic acids is 2. The monoisotopic (exact) mass is 768 g/mol. The van der Waals surface area contributed by atoms with Crippen LogP contribution in [0.1, 0.15) is 65.9 Å². The van der Waals surface area contributed by atoms with E-state index < -0.39 is 43.7 Å². The molecule has 0 saturated heterocycles. The minimum atomic E-state index is -3.60. The lowest BCUT2D eigenvalue weighted by atomic mass is 10.1. The molecule has 0 saturated carbocycles. The second kappa shape index (κ2) is 19.9. The number of carbonyl (C=O) groups is 4. The van der Waals surface area contributed by atoms with Gasteiger partial charge in [0.25, 0.3) is 17.4 Å². The Labute approximate surface area is 308 Å². The average molecular weight is 769 g/mol. The molecule has 288 valence electrons. The number of H-pyrrole nitrogens is 1. The van der Waals surface area contributed by atoms with Gasteiger partial charge in [-0.2, -0.15) is 4.98 Å². The number of aromatic nitrogens is 4. The molecule has 4 rings (SSSR count). The van der Waals surface area contributed by atoms with Crippen molar-refractivity contribution in [2.24, 2.45) is 0 Å². The summed E-state index contributed by atoms with van der Waals surface area (Å²) in [6.07, 6.45) is 1.80. The summed E-state index contributed by atoms with van der Waals surface area (Å²) >= 11 is 0. The van der Waals surface area contributed by atoms with Gasteiger partial charge in [0.2, 0.25) is 5.95 Å². The number of carbonyl (C=O) groups excluding carboxylic acids is 2. The van der Waals surface area contributed by atoms with E-state index in [1.165, 1.54) is 18.3 Å². The van der Waals surface area contributed by atoms with Crippen LogP contribution in [0.15, 0.2) is 59.5 Å². The van der Waals surface area contributed by atoms with Crippen LogP contribution in [0.25, 0.3) is 11.2 Å². The first kappa shape index (κ1) is 41.0. The lowest BCUT2D eigenvalue weighted by Gasteiger charge is -2.16. The van der Waals surface area contributed by atoms with Crippen LogP contribution in [0.2, 0.25) is 0 Å². The van der Waals surface area contributed by atoms with E-state index in [0.717, 1.165) is 0 Å². The van der Waals surface area contributed by atoms with Gasteiger partial charge in [0.05, 0.1) is 49.5 Å². The normalized spacial score (nSPS) is 11.8. The minimum Gasteiger partial charge on any atom is -0.481 e. The lowest BCUT2D eigenvalue weighted by Crippen LogP contribution is -2.41. The summed E-state index contributed by atoms with van der Waals surface area (Å²) in [6, 6.07) is 11.4. The molecule has 0 unspecified atom stereocenters. The Hall–Kier alpha value is -5.75. The number of phosphoric acid groups is 1. The number of benzene rings is 2. The summed E-state index contributed by atoms with van der Waals surface area (Å²) in [6.45, 7) is 4.34. The number of nitrogens with zero attached hydrogens (tertiary/aromatic N) is 3. The van der Waals surface area contributed by atoms with E-state index in [-0.39, 0.29) is 61.4 Å². The van der Waals surface area contributed by atoms with Gasteiger partial charge >= 0.3 is 19.8 Å². The van der Waals surface area contributed by atoms with Gasteiger partial charge in [-0.25, -0.2) is 19.3 Å². The van der Waals surface area contributed by atoms with Crippen molar-refractivity contribution in [3.63, 3.8) is 0 Å². The van der Waals surface area contributed by atoms with Crippen LogP contribution in [-0.2, 0) is 34.3 Å². The van der Waals surface area contributed by atoms with Crippen molar-refractivity contribution < 1.29 is 47.5 Å². The third kappa shape index (κ3) is 12.2. The Balaban J connectivity index is 1.32. The number of anilines is 3. The van der Waals surface area contributed by atoms with Gasteiger partial charge in [0.1, 0.15) is 6.04 Å². The maximum Gasteiger partial charge on any atom is 0.474 e. The number of fused-ring (bicyclic) bond motifs is 1. The molecule has 2 aromatic heterocycles. The molecule has 1 atom stereocenters. The minimum absolute atomic E-state index is 0.0170. The molecule has 0 aliphatic carbocycles. The van der Waals surface area contributed by atoms with Gasteiger partial charge < -0.3 is 31.5 Å². The van der Waals surface area contributed by atoms with Gasteiger partial charge in [0, 0.05) is 24.2 Å². The van der Waals surface area contributed by atoms with Crippen LogP contribution < -0.4 is 26.8 Å². The van der Waals surface area contributed by atoms with E-state index in [2.05, 4.69) is 41.2 Å². The number of aromatic amines is 1. The summed E-state index contributed by atoms with van der Waals surface area (Å²) in [7, 11) is -3.60. The maximum absolute atomic E-state index is 13.0. The predicted octanol–water partition coefficient (Wildman–Crippen LogP) is 3.82. The Morgan fingerprint density at radius 2 is 1.65 bits per heavy atom. The van der Waals surface area contributed by atoms with E-state index >= 15 is 0 Å². The average Bonchev–Trinajstić information content (AvgIpc) is 3.14. The fourth-order valence-corrected chi connectivity index (χ4v) is 6.05. The van der Waals surface area contributed by atoms with E-state index in [1.807, 2.05) is 0 Å². The zero-order chi connectivity index (χ0) is 39.1. The highest BCUT2D eigenvalue weighted by Gasteiger charge is 2.25. The number of unbranched alkanes of at least 4 members (excludes halogenated alkanes) is 1. The first-order valence-corrected chi connectivity index (χ1v) is 18.4.